The van der Waals surface area contributed by atoms with Gasteiger partial charge in [0.05, 0.1) is 11.6 Å². The zero-order valence-electron chi connectivity index (χ0n) is 9.93. The molecule has 1 unspecified atom stereocenters. The van der Waals surface area contributed by atoms with Crippen LogP contribution in [-0.2, 0) is 0 Å². The van der Waals surface area contributed by atoms with Crippen molar-refractivity contribution in [2.75, 3.05) is 0 Å². The summed E-state index contributed by atoms with van der Waals surface area (Å²) in [5.41, 5.74) is 0.650. The number of nitrogens with zero attached hydrogens (tertiary/aromatic N) is 1. The van der Waals surface area contributed by atoms with E-state index >= 15 is 0 Å². The Labute approximate surface area is 103 Å². The van der Waals surface area contributed by atoms with E-state index < -0.39 is 0 Å². The summed E-state index contributed by atoms with van der Waals surface area (Å²) in [5.74, 6) is 0.791. The van der Waals surface area contributed by atoms with Gasteiger partial charge in [-0.3, -0.25) is 0 Å². The fraction of sp³-hybridized carbons (Fsp3) is 0.400. The van der Waals surface area contributed by atoms with E-state index in [9.17, 15) is 0 Å². The highest BCUT2D eigenvalue weighted by molar-refractivity contribution is 5.36. The van der Waals surface area contributed by atoms with Gasteiger partial charge in [0.15, 0.2) is 0 Å². The first-order valence-corrected chi connectivity index (χ1v) is 6.22. The van der Waals surface area contributed by atoms with Gasteiger partial charge in [0.25, 0.3) is 0 Å². The lowest BCUT2D eigenvalue weighted by atomic mass is 10.0. The molecule has 0 bridgehead atoms. The van der Waals surface area contributed by atoms with E-state index in [1.165, 1.54) is 19.3 Å². The van der Waals surface area contributed by atoms with Crippen LogP contribution in [0.25, 0.3) is 0 Å². The van der Waals surface area contributed by atoms with Crippen molar-refractivity contribution in [3.8, 4) is 11.8 Å². The molecule has 0 N–H and O–H groups in total. The van der Waals surface area contributed by atoms with Gasteiger partial charge < -0.3 is 4.74 Å². The summed E-state index contributed by atoms with van der Waals surface area (Å²) in [6.07, 6.45) is 10.5. The number of hydrogen-bond donors (Lipinski definition) is 0. The predicted molar refractivity (Wildman–Crippen MR) is 67.8 cm³/mol. The minimum absolute atomic E-state index is 0.157. The maximum absolute atomic E-state index is 8.83. The van der Waals surface area contributed by atoms with Crippen LogP contribution in [0.2, 0.25) is 0 Å². The average Bonchev–Trinajstić information content (AvgIpc) is 2.33. The van der Waals surface area contributed by atoms with Gasteiger partial charge in [0, 0.05) is 0 Å². The number of nitriles is 1. The molecule has 0 fully saturated rings. The average molecular weight is 227 g/mol. The monoisotopic (exact) mass is 227 g/mol. The van der Waals surface area contributed by atoms with Gasteiger partial charge in [-0.05, 0) is 50.0 Å². The molecule has 2 nitrogen and oxygen atoms in total. The van der Waals surface area contributed by atoms with E-state index in [1.807, 2.05) is 12.1 Å². The molecule has 1 aliphatic carbocycles. The lowest BCUT2D eigenvalue weighted by Gasteiger charge is -2.17. The first-order chi connectivity index (χ1) is 8.38. The van der Waals surface area contributed by atoms with Crippen molar-refractivity contribution >= 4 is 0 Å². The molecule has 0 radical (unpaired) electrons. The van der Waals surface area contributed by atoms with Gasteiger partial charge in [-0.15, -0.1) is 0 Å². The summed E-state index contributed by atoms with van der Waals surface area (Å²) in [5, 5.41) is 8.83. The molecule has 2 heteroatoms. The largest absolute Gasteiger partial charge is 0.486 e. The maximum Gasteiger partial charge on any atom is 0.121 e. The zero-order valence-corrected chi connectivity index (χ0v) is 9.93. The molecule has 0 aliphatic heterocycles. The molecule has 1 atom stereocenters. The molecule has 0 heterocycles. The molecular formula is C15H17NO. The quantitative estimate of drug-likeness (QED) is 0.719. The van der Waals surface area contributed by atoms with Gasteiger partial charge in [-0.2, -0.15) is 5.26 Å². The lowest BCUT2D eigenvalue weighted by Crippen LogP contribution is -2.14. The van der Waals surface area contributed by atoms with E-state index in [0.717, 1.165) is 18.6 Å². The number of allylic oxidation sites excluding steroid dienone is 1. The topological polar surface area (TPSA) is 33.0 Å². The standard InChI is InChI=1S/C15H17NO/c16-12-13-7-6-10-15(11-13)17-14-8-4-2-1-3-5-9-14/h4,6-8,10-11,14H,1-3,5,9H2/b8-4+. The van der Waals surface area contributed by atoms with Crippen LogP contribution >= 0.6 is 0 Å². The van der Waals surface area contributed by atoms with E-state index in [-0.39, 0.29) is 6.10 Å². The Morgan fingerprint density at radius 1 is 1.24 bits per heavy atom. The van der Waals surface area contributed by atoms with Crippen molar-refractivity contribution in [2.24, 2.45) is 0 Å². The lowest BCUT2D eigenvalue weighted by molar-refractivity contribution is 0.231. The van der Waals surface area contributed by atoms with E-state index in [4.69, 9.17) is 10.00 Å². The molecule has 1 aromatic carbocycles. The second kappa shape index (κ2) is 6.10. The summed E-state index contributed by atoms with van der Waals surface area (Å²) in [6.45, 7) is 0. The molecule has 1 aliphatic rings. The Kier molecular flexibility index (Phi) is 4.21. The van der Waals surface area contributed by atoms with E-state index in [0.29, 0.717) is 5.56 Å². The Balaban J connectivity index is 2.03. The molecule has 88 valence electrons. The van der Waals surface area contributed by atoms with Crippen molar-refractivity contribution in [1.82, 2.24) is 0 Å². The summed E-state index contributed by atoms with van der Waals surface area (Å²) in [4.78, 5) is 0. The van der Waals surface area contributed by atoms with Crippen molar-refractivity contribution in [1.29, 1.82) is 5.26 Å². The molecular weight excluding hydrogens is 210 g/mol. The Bertz CT molecular complexity index is 431. The second-order valence-electron chi connectivity index (χ2n) is 4.36. The highest BCUT2D eigenvalue weighted by Gasteiger charge is 2.08. The number of benzene rings is 1. The summed E-state index contributed by atoms with van der Waals surface area (Å²) in [6, 6.07) is 9.49. The molecule has 17 heavy (non-hydrogen) atoms. The van der Waals surface area contributed by atoms with Gasteiger partial charge >= 0.3 is 0 Å². The van der Waals surface area contributed by atoms with Crippen LogP contribution in [0.15, 0.2) is 36.4 Å². The van der Waals surface area contributed by atoms with Crippen molar-refractivity contribution in [3.63, 3.8) is 0 Å². The molecule has 0 spiro atoms. The smallest absolute Gasteiger partial charge is 0.121 e. The van der Waals surface area contributed by atoms with E-state index in [2.05, 4.69) is 18.2 Å². The SMILES string of the molecule is N#Cc1cccc(OC2/C=C/CCCCC2)c1. The third-order valence-electron chi connectivity index (χ3n) is 2.96. The normalized spacial score (nSPS) is 21.9. The van der Waals surface area contributed by atoms with Crippen LogP contribution in [0.4, 0.5) is 0 Å². The van der Waals surface area contributed by atoms with Crippen molar-refractivity contribution < 1.29 is 4.74 Å². The molecule has 0 saturated carbocycles. The van der Waals surface area contributed by atoms with Crippen LogP contribution in [-0.4, -0.2) is 6.10 Å². The predicted octanol–water partition coefficient (Wildman–Crippen LogP) is 3.83. The first-order valence-electron chi connectivity index (χ1n) is 6.22. The summed E-state index contributed by atoms with van der Waals surface area (Å²) >= 11 is 0. The fourth-order valence-electron chi connectivity index (χ4n) is 2.04. The van der Waals surface area contributed by atoms with Crippen molar-refractivity contribution in [3.05, 3.63) is 42.0 Å². The minimum atomic E-state index is 0.157. The highest BCUT2D eigenvalue weighted by atomic mass is 16.5. The summed E-state index contributed by atoms with van der Waals surface area (Å²) < 4.78 is 5.90. The van der Waals surface area contributed by atoms with Gasteiger partial charge in [0.2, 0.25) is 0 Å². The zero-order chi connectivity index (χ0) is 11.9. The van der Waals surface area contributed by atoms with Crippen LogP contribution in [0.3, 0.4) is 0 Å². The molecule has 0 saturated heterocycles. The fourth-order valence-corrected chi connectivity index (χ4v) is 2.04. The molecule has 0 amide bonds. The number of rotatable bonds is 2. The number of ether oxygens (including phenoxy) is 1. The Hall–Kier alpha value is -1.75. The number of hydrogen-bond acceptors (Lipinski definition) is 2. The van der Waals surface area contributed by atoms with Crippen LogP contribution < -0.4 is 4.74 Å². The van der Waals surface area contributed by atoms with Gasteiger partial charge in [0.1, 0.15) is 11.9 Å². The van der Waals surface area contributed by atoms with Crippen molar-refractivity contribution in [2.45, 2.75) is 38.2 Å². The highest BCUT2D eigenvalue weighted by Crippen LogP contribution is 2.19. The van der Waals surface area contributed by atoms with Crippen LogP contribution in [0.5, 0.6) is 5.75 Å². The molecule has 2 rings (SSSR count). The molecule has 0 aromatic heterocycles. The Morgan fingerprint density at radius 3 is 3.06 bits per heavy atom. The van der Waals surface area contributed by atoms with Crippen LogP contribution in [0, 0.1) is 11.3 Å². The Morgan fingerprint density at radius 2 is 2.18 bits per heavy atom. The van der Waals surface area contributed by atoms with E-state index in [1.54, 1.807) is 12.1 Å². The van der Waals surface area contributed by atoms with Crippen LogP contribution in [0.1, 0.15) is 37.7 Å². The maximum atomic E-state index is 8.83. The van der Waals surface area contributed by atoms with Gasteiger partial charge in [-0.1, -0.05) is 18.6 Å². The third-order valence-corrected chi connectivity index (χ3v) is 2.96. The second-order valence-corrected chi connectivity index (χ2v) is 4.36. The minimum Gasteiger partial charge on any atom is -0.486 e. The third kappa shape index (κ3) is 3.64. The molecule has 1 aromatic rings. The first kappa shape index (κ1) is 11.7. The van der Waals surface area contributed by atoms with Gasteiger partial charge in [-0.25, -0.2) is 0 Å². The summed E-state index contributed by atoms with van der Waals surface area (Å²) in [7, 11) is 0.